The number of nitrogens with one attached hydrogen (secondary N) is 1. The monoisotopic (exact) mass is 510 g/mol. The lowest BCUT2D eigenvalue weighted by atomic mass is 10.1. The summed E-state index contributed by atoms with van der Waals surface area (Å²) in [7, 11) is 0. The molecule has 0 aliphatic rings. The number of H-pyrrole nitrogens is 1. The fraction of sp³-hybridized carbons (Fsp3) is 0.400. The Morgan fingerprint density at radius 1 is 1.03 bits per heavy atom. The summed E-state index contributed by atoms with van der Waals surface area (Å²) >= 11 is 18.1. The molecule has 0 fully saturated rings. The molecule has 0 aliphatic heterocycles. The van der Waals surface area contributed by atoms with Crippen LogP contribution < -0.4 is 11.2 Å². The SMILES string of the molecule is CCCCn1c(=O)n(CCCn2nnc(Cc3ccc(Cl)cc3Cl)n2)c(=O)c2[nH]c(Cl)nc21. The first-order chi connectivity index (χ1) is 15.9. The second kappa shape index (κ2) is 10.1. The number of benzene rings is 1. The quantitative estimate of drug-likeness (QED) is 0.345. The number of unbranched alkanes of at least 4 members (excludes halogenated alkanes) is 1. The Kier molecular flexibility index (Phi) is 7.16. The third-order valence-electron chi connectivity index (χ3n) is 5.17. The van der Waals surface area contributed by atoms with Crippen LogP contribution in [0.3, 0.4) is 0 Å². The van der Waals surface area contributed by atoms with E-state index in [9.17, 15) is 9.59 Å². The first-order valence-corrected chi connectivity index (χ1v) is 11.6. The summed E-state index contributed by atoms with van der Waals surface area (Å²) in [6.45, 7) is 3.05. The minimum Gasteiger partial charge on any atom is -0.323 e. The first-order valence-electron chi connectivity index (χ1n) is 10.5. The molecule has 4 rings (SSSR count). The largest absolute Gasteiger partial charge is 0.332 e. The summed E-state index contributed by atoms with van der Waals surface area (Å²) in [5.74, 6) is 0.506. The van der Waals surface area contributed by atoms with Crippen LogP contribution in [0.2, 0.25) is 15.3 Å². The Hall–Kier alpha value is -2.69. The minimum absolute atomic E-state index is 0.0737. The molecule has 0 saturated heterocycles. The van der Waals surface area contributed by atoms with Crippen molar-refractivity contribution in [3.05, 3.63) is 65.8 Å². The van der Waals surface area contributed by atoms with Crippen LogP contribution in [-0.4, -0.2) is 39.3 Å². The van der Waals surface area contributed by atoms with Crippen molar-refractivity contribution >= 4 is 46.0 Å². The van der Waals surface area contributed by atoms with Gasteiger partial charge in [-0.15, -0.1) is 10.2 Å². The molecule has 1 aromatic carbocycles. The van der Waals surface area contributed by atoms with Gasteiger partial charge in [-0.3, -0.25) is 13.9 Å². The molecule has 0 amide bonds. The summed E-state index contributed by atoms with van der Waals surface area (Å²) in [6, 6.07) is 5.23. The number of aromatic nitrogens is 8. The standard InChI is InChI=1S/C20H21Cl3N8O2/c1-2-3-7-29-17-16(24-19(23)25-17)18(32)30(20(29)33)8-4-9-31-27-15(26-28-31)10-12-5-6-13(21)11-14(12)22/h5-6,11H,2-4,7-10H2,1H3,(H,24,25). The number of tetrazole rings is 1. The van der Waals surface area contributed by atoms with Crippen molar-refractivity contribution in [1.29, 1.82) is 0 Å². The summed E-state index contributed by atoms with van der Waals surface area (Å²) in [5, 5.41) is 13.6. The number of aryl methyl sites for hydroxylation is 2. The maximum absolute atomic E-state index is 13.0. The van der Waals surface area contributed by atoms with Crippen LogP contribution in [0, 0.1) is 0 Å². The Balaban J connectivity index is 1.48. The molecule has 10 nitrogen and oxygen atoms in total. The van der Waals surface area contributed by atoms with Gasteiger partial charge in [0, 0.05) is 29.6 Å². The van der Waals surface area contributed by atoms with E-state index in [1.54, 1.807) is 12.1 Å². The molecule has 3 aromatic heterocycles. The minimum atomic E-state index is -0.452. The summed E-state index contributed by atoms with van der Waals surface area (Å²) in [4.78, 5) is 34.1. The van der Waals surface area contributed by atoms with Crippen LogP contribution in [0.25, 0.3) is 11.2 Å². The predicted molar refractivity (Wildman–Crippen MR) is 126 cm³/mol. The van der Waals surface area contributed by atoms with Crippen molar-refractivity contribution in [3.8, 4) is 0 Å². The van der Waals surface area contributed by atoms with Gasteiger partial charge in [0.15, 0.2) is 17.0 Å². The highest BCUT2D eigenvalue weighted by molar-refractivity contribution is 6.35. The second-order valence-electron chi connectivity index (χ2n) is 7.54. The van der Waals surface area contributed by atoms with Gasteiger partial charge in [0.25, 0.3) is 5.56 Å². The van der Waals surface area contributed by atoms with Gasteiger partial charge in [-0.2, -0.15) is 9.78 Å². The Morgan fingerprint density at radius 2 is 1.82 bits per heavy atom. The van der Waals surface area contributed by atoms with Crippen molar-refractivity contribution in [2.45, 2.75) is 52.2 Å². The van der Waals surface area contributed by atoms with Gasteiger partial charge < -0.3 is 4.98 Å². The zero-order chi connectivity index (χ0) is 23.5. The van der Waals surface area contributed by atoms with Gasteiger partial charge in [0.2, 0.25) is 5.28 Å². The third kappa shape index (κ3) is 5.13. The van der Waals surface area contributed by atoms with Gasteiger partial charge in [0.05, 0.1) is 6.54 Å². The van der Waals surface area contributed by atoms with Gasteiger partial charge in [-0.25, -0.2) is 4.79 Å². The van der Waals surface area contributed by atoms with Crippen molar-refractivity contribution in [1.82, 2.24) is 39.3 Å². The molecule has 0 radical (unpaired) electrons. The summed E-state index contributed by atoms with van der Waals surface area (Å²) < 4.78 is 2.68. The highest BCUT2D eigenvalue weighted by Gasteiger charge is 2.17. The highest BCUT2D eigenvalue weighted by atomic mass is 35.5. The molecule has 1 N–H and O–H groups in total. The van der Waals surface area contributed by atoms with Crippen molar-refractivity contribution in [2.24, 2.45) is 0 Å². The van der Waals surface area contributed by atoms with Gasteiger partial charge >= 0.3 is 5.69 Å². The molecule has 4 aromatic rings. The van der Waals surface area contributed by atoms with Crippen LogP contribution in [0.1, 0.15) is 37.6 Å². The second-order valence-corrected chi connectivity index (χ2v) is 8.74. The number of hydrogen-bond acceptors (Lipinski definition) is 6. The van der Waals surface area contributed by atoms with Crippen molar-refractivity contribution in [2.75, 3.05) is 0 Å². The van der Waals surface area contributed by atoms with Gasteiger partial charge in [-0.1, -0.05) is 42.6 Å². The molecule has 174 valence electrons. The van der Waals surface area contributed by atoms with Crippen LogP contribution in [0.15, 0.2) is 27.8 Å². The molecular weight excluding hydrogens is 491 g/mol. The van der Waals surface area contributed by atoms with E-state index in [1.807, 2.05) is 13.0 Å². The fourth-order valence-corrected chi connectivity index (χ4v) is 4.15. The van der Waals surface area contributed by atoms with E-state index in [-0.39, 0.29) is 23.0 Å². The van der Waals surface area contributed by atoms with E-state index >= 15 is 0 Å². The molecule has 0 spiro atoms. The number of aromatic amines is 1. The molecule has 0 atom stereocenters. The zero-order valence-corrected chi connectivity index (χ0v) is 20.0. The van der Waals surface area contributed by atoms with Crippen LogP contribution >= 0.6 is 34.8 Å². The number of hydrogen-bond donors (Lipinski definition) is 1. The van der Waals surface area contributed by atoms with Gasteiger partial charge in [-0.05, 0) is 47.4 Å². The first kappa shape index (κ1) is 23.5. The molecule has 3 heterocycles. The number of nitrogens with zero attached hydrogens (tertiary/aromatic N) is 7. The molecule has 0 bridgehead atoms. The number of fused-ring (bicyclic) bond motifs is 1. The van der Waals surface area contributed by atoms with Crippen LogP contribution in [0.4, 0.5) is 0 Å². The maximum Gasteiger partial charge on any atom is 0.332 e. The van der Waals surface area contributed by atoms with E-state index < -0.39 is 11.2 Å². The number of halogens is 3. The zero-order valence-electron chi connectivity index (χ0n) is 17.8. The Bertz CT molecular complexity index is 1400. The highest BCUT2D eigenvalue weighted by Crippen LogP contribution is 2.22. The molecule has 33 heavy (non-hydrogen) atoms. The van der Waals surface area contributed by atoms with Crippen LogP contribution in [0.5, 0.6) is 0 Å². The lowest BCUT2D eigenvalue weighted by Crippen LogP contribution is -2.40. The summed E-state index contributed by atoms with van der Waals surface area (Å²) in [5.41, 5.74) is 0.478. The van der Waals surface area contributed by atoms with Crippen molar-refractivity contribution < 1.29 is 0 Å². The normalized spacial score (nSPS) is 11.5. The lowest BCUT2D eigenvalue weighted by molar-refractivity contribution is 0.451. The Morgan fingerprint density at radius 3 is 2.58 bits per heavy atom. The van der Waals surface area contributed by atoms with E-state index in [1.165, 1.54) is 13.9 Å². The van der Waals surface area contributed by atoms with Crippen LogP contribution in [-0.2, 0) is 26.1 Å². The molecule has 13 heteroatoms. The van der Waals surface area contributed by atoms with E-state index in [0.717, 1.165) is 18.4 Å². The topological polar surface area (TPSA) is 116 Å². The fourth-order valence-electron chi connectivity index (χ4n) is 3.50. The van der Waals surface area contributed by atoms with Gasteiger partial charge in [0.1, 0.15) is 0 Å². The number of imidazole rings is 1. The lowest BCUT2D eigenvalue weighted by Gasteiger charge is -2.10. The average molecular weight is 512 g/mol. The van der Waals surface area contributed by atoms with E-state index in [0.29, 0.717) is 41.8 Å². The third-order valence-corrected chi connectivity index (χ3v) is 5.93. The Labute approximate surface area is 203 Å². The molecule has 0 saturated carbocycles. The van der Waals surface area contributed by atoms with E-state index in [2.05, 4.69) is 25.4 Å². The molecule has 0 aliphatic carbocycles. The smallest absolute Gasteiger partial charge is 0.323 e. The number of rotatable bonds is 9. The van der Waals surface area contributed by atoms with Crippen molar-refractivity contribution in [3.63, 3.8) is 0 Å². The van der Waals surface area contributed by atoms with E-state index in [4.69, 9.17) is 34.8 Å². The summed E-state index contributed by atoms with van der Waals surface area (Å²) in [6.07, 6.45) is 2.54. The molecule has 0 unspecified atom stereocenters. The predicted octanol–water partition coefficient (Wildman–Crippen LogP) is 3.31. The molecular formula is C20H21Cl3N8O2. The maximum atomic E-state index is 13.0. The average Bonchev–Trinajstić information content (AvgIpc) is 3.39.